The van der Waals surface area contributed by atoms with E-state index in [4.69, 9.17) is 0 Å². The van der Waals surface area contributed by atoms with Gasteiger partial charge >= 0.3 is 6.03 Å². The van der Waals surface area contributed by atoms with Crippen molar-refractivity contribution in [3.8, 4) is 5.75 Å². The van der Waals surface area contributed by atoms with Crippen LogP contribution in [0.5, 0.6) is 5.75 Å². The fourth-order valence-electron chi connectivity index (χ4n) is 5.57. The van der Waals surface area contributed by atoms with Crippen molar-refractivity contribution >= 4 is 23.1 Å². The number of para-hydroxylation sites is 1. The van der Waals surface area contributed by atoms with Gasteiger partial charge in [-0.2, -0.15) is 11.3 Å². The maximum absolute atomic E-state index is 14.3. The zero-order valence-electron chi connectivity index (χ0n) is 22.0. The summed E-state index contributed by atoms with van der Waals surface area (Å²) in [7, 11) is 0. The van der Waals surface area contributed by atoms with E-state index in [1.165, 1.54) is 36.0 Å². The van der Waals surface area contributed by atoms with E-state index in [2.05, 4.69) is 68.0 Å². The lowest BCUT2D eigenvalue weighted by atomic mass is 9.81. The van der Waals surface area contributed by atoms with Crippen LogP contribution < -0.4 is 5.32 Å². The highest BCUT2D eigenvalue weighted by atomic mass is 32.1. The summed E-state index contributed by atoms with van der Waals surface area (Å²) in [4.78, 5) is 16.3. The Hall–Kier alpha value is -2.79. The summed E-state index contributed by atoms with van der Waals surface area (Å²) in [6, 6.07) is 15.8. The van der Waals surface area contributed by atoms with Gasteiger partial charge in [0.2, 0.25) is 0 Å². The van der Waals surface area contributed by atoms with E-state index in [0.717, 1.165) is 24.1 Å². The molecule has 1 atom stereocenters. The Bertz CT molecular complexity index is 1090. The van der Waals surface area contributed by atoms with Crippen molar-refractivity contribution in [3.05, 3.63) is 81.5 Å². The van der Waals surface area contributed by atoms with Crippen LogP contribution in [0.25, 0.3) is 0 Å². The summed E-state index contributed by atoms with van der Waals surface area (Å²) in [6.45, 7) is 9.21. The Balaban J connectivity index is 1.75. The number of thiophene rings is 1. The third-order valence-corrected chi connectivity index (χ3v) is 8.17. The van der Waals surface area contributed by atoms with Gasteiger partial charge in [-0.15, -0.1) is 0 Å². The standard InChI is InChI=1S/C31H40N2O2S/c1-21(2)27-11-8-12-28(22(3)4)29(27)32-31(35)33(19-23-13-15-26(34)16-14-23)30(25-17-18-36-20-25)24-9-6-5-7-10-24/h8,11-18,20-22,24,30,34H,5-7,9-10,19H2,1-4H3,(H,32,35). The molecular weight excluding hydrogens is 464 g/mol. The predicted molar refractivity (Wildman–Crippen MR) is 151 cm³/mol. The highest BCUT2D eigenvalue weighted by Crippen LogP contribution is 2.41. The fourth-order valence-corrected chi connectivity index (χ4v) is 6.26. The second-order valence-electron chi connectivity index (χ2n) is 10.7. The monoisotopic (exact) mass is 504 g/mol. The Kier molecular flexibility index (Phi) is 8.73. The first-order valence-electron chi connectivity index (χ1n) is 13.4. The number of nitrogens with one attached hydrogen (secondary N) is 1. The quantitative estimate of drug-likeness (QED) is 0.321. The first-order chi connectivity index (χ1) is 17.3. The second kappa shape index (κ2) is 12.0. The maximum Gasteiger partial charge on any atom is 0.322 e. The lowest BCUT2D eigenvalue weighted by molar-refractivity contribution is 0.134. The van der Waals surface area contributed by atoms with Crippen LogP contribution in [0.1, 0.15) is 99.9 Å². The van der Waals surface area contributed by atoms with Gasteiger partial charge in [0.15, 0.2) is 0 Å². The third-order valence-electron chi connectivity index (χ3n) is 7.47. The van der Waals surface area contributed by atoms with Crippen molar-refractivity contribution in [2.75, 3.05) is 5.32 Å². The molecule has 1 aliphatic carbocycles. The van der Waals surface area contributed by atoms with Gasteiger partial charge in [0, 0.05) is 12.2 Å². The van der Waals surface area contributed by atoms with Crippen molar-refractivity contribution in [2.45, 2.75) is 84.2 Å². The summed E-state index contributed by atoms with van der Waals surface area (Å²) in [5.41, 5.74) is 5.53. The number of rotatable bonds is 8. The van der Waals surface area contributed by atoms with Crippen molar-refractivity contribution in [1.82, 2.24) is 4.90 Å². The average Bonchev–Trinajstić information content (AvgIpc) is 3.40. The lowest BCUT2D eigenvalue weighted by Gasteiger charge is -2.39. The number of carbonyl (C=O) groups is 1. The first kappa shape index (κ1) is 26.3. The van der Waals surface area contributed by atoms with Crippen LogP contribution in [0, 0.1) is 5.92 Å². The molecule has 4 nitrogen and oxygen atoms in total. The Morgan fingerprint density at radius 2 is 1.61 bits per heavy atom. The van der Waals surface area contributed by atoms with Gasteiger partial charge in [0.1, 0.15) is 5.75 Å². The SMILES string of the molecule is CC(C)c1cccc(C(C)C)c1NC(=O)N(Cc1ccc(O)cc1)C(c1ccsc1)C1CCCCC1. The first-order valence-corrected chi connectivity index (χ1v) is 14.3. The van der Waals surface area contributed by atoms with Gasteiger partial charge in [0.05, 0.1) is 6.04 Å². The number of carbonyl (C=O) groups excluding carboxylic acids is 1. The molecule has 0 aliphatic heterocycles. The number of hydrogen-bond donors (Lipinski definition) is 2. The molecule has 0 radical (unpaired) electrons. The van der Waals surface area contributed by atoms with Crippen LogP contribution in [0.3, 0.4) is 0 Å². The molecule has 1 heterocycles. The molecule has 1 aromatic heterocycles. The van der Waals surface area contributed by atoms with Crippen LogP contribution in [-0.2, 0) is 6.54 Å². The second-order valence-corrected chi connectivity index (χ2v) is 11.5. The molecule has 1 aliphatic rings. The smallest absolute Gasteiger partial charge is 0.322 e. The van der Waals surface area contributed by atoms with Gasteiger partial charge in [0.25, 0.3) is 0 Å². The summed E-state index contributed by atoms with van der Waals surface area (Å²) in [5.74, 6) is 1.27. The van der Waals surface area contributed by atoms with E-state index in [1.54, 1.807) is 23.5 Å². The van der Waals surface area contributed by atoms with Gasteiger partial charge < -0.3 is 15.3 Å². The fraction of sp³-hybridized carbons (Fsp3) is 0.452. The van der Waals surface area contributed by atoms with E-state index in [0.29, 0.717) is 24.3 Å². The minimum Gasteiger partial charge on any atom is -0.508 e. The number of phenols is 1. The Morgan fingerprint density at radius 1 is 0.972 bits per heavy atom. The molecule has 1 unspecified atom stereocenters. The molecule has 2 N–H and O–H groups in total. The number of hydrogen-bond acceptors (Lipinski definition) is 3. The molecular formula is C31H40N2O2S. The van der Waals surface area contributed by atoms with E-state index in [9.17, 15) is 9.90 Å². The number of anilines is 1. The van der Waals surface area contributed by atoms with Gasteiger partial charge in [-0.3, -0.25) is 0 Å². The molecule has 1 fully saturated rings. The van der Waals surface area contributed by atoms with Crippen LogP contribution in [-0.4, -0.2) is 16.0 Å². The molecule has 1 saturated carbocycles. The molecule has 0 saturated heterocycles. The van der Waals surface area contributed by atoms with Crippen molar-refractivity contribution < 1.29 is 9.90 Å². The molecule has 2 amide bonds. The van der Waals surface area contributed by atoms with Crippen LogP contribution in [0.15, 0.2) is 59.3 Å². The summed E-state index contributed by atoms with van der Waals surface area (Å²) in [5, 5.41) is 17.6. The predicted octanol–water partition coefficient (Wildman–Crippen LogP) is 9.06. The minimum atomic E-state index is -0.0557. The number of phenolic OH excluding ortho intramolecular Hbond substituents is 1. The Morgan fingerprint density at radius 3 is 2.17 bits per heavy atom. The van der Waals surface area contributed by atoms with Crippen LogP contribution >= 0.6 is 11.3 Å². The molecule has 0 bridgehead atoms. The molecule has 2 aromatic carbocycles. The van der Waals surface area contributed by atoms with E-state index >= 15 is 0 Å². The van der Waals surface area contributed by atoms with Crippen LogP contribution in [0.4, 0.5) is 10.5 Å². The Labute approximate surface area is 220 Å². The molecule has 3 aromatic rings. The van der Waals surface area contributed by atoms with E-state index in [1.807, 2.05) is 17.0 Å². The summed E-state index contributed by atoms with van der Waals surface area (Å²) >= 11 is 1.69. The minimum absolute atomic E-state index is 0.0130. The van der Waals surface area contributed by atoms with Gasteiger partial charge in [-0.25, -0.2) is 4.79 Å². The number of amides is 2. The zero-order chi connectivity index (χ0) is 25.7. The molecule has 36 heavy (non-hydrogen) atoms. The average molecular weight is 505 g/mol. The van der Waals surface area contributed by atoms with Crippen molar-refractivity contribution in [2.24, 2.45) is 5.92 Å². The van der Waals surface area contributed by atoms with Gasteiger partial charge in [-0.05, 0) is 81.8 Å². The van der Waals surface area contributed by atoms with Crippen molar-refractivity contribution in [3.63, 3.8) is 0 Å². The molecule has 5 heteroatoms. The normalized spacial score (nSPS) is 15.3. The van der Waals surface area contributed by atoms with E-state index in [-0.39, 0.29) is 17.8 Å². The molecule has 192 valence electrons. The van der Waals surface area contributed by atoms with Crippen LogP contribution in [0.2, 0.25) is 0 Å². The maximum atomic E-state index is 14.3. The highest BCUT2D eigenvalue weighted by Gasteiger charge is 2.34. The van der Waals surface area contributed by atoms with Gasteiger partial charge in [-0.1, -0.05) is 77.3 Å². The highest BCUT2D eigenvalue weighted by molar-refractivity contribution is 7.08. The molecule has 0 spiro atoms. The largest absolute Gasteiger partial charge is 0.508 e. The zero-order valence-corrected chi connectivity index (χ0v) is 22.9. The number of aromatic hydroxyl groups is 1. The lowest BCUT2D eigenvalue weighted by Crippen LogP contribution is -2.41. The summed E-state index contributed by atoms with van der Waals surface area (Å²) in [6.07, 6.45) is 5.98. The van der Waals surface area contributed by atoms with E-state index < -0.39 is 0 Å². The molecule has 4 rings (SSSR count). The topological polar surface area (TPSA) is 52.6 Å². The number of urea groups is 1. The van der Waals surface area contributed by atoms with Crippen molar-refractivity contribution in [1.29, 1.82) is 0 Å². The summed E-state index contributed by atoms with van der Waals surface area (Å²) < 4.78 is 0. The third kappa shape index (κ3) is 6.12. The number of nitrogens with zero attached hydrogens (tertiary/aromatic N) is 1. The number of benzene rings is 2.